The molecule has 140 valence electrons. The Balaban J connectivity index is 0.00000243. The van der Waals surface area contributed by atoms with Crippen LogP contribution in [0.2, 0.25) is 0 Å². The molecular formula is C22H31N3O. The molecule has 1 fully saturated rings. The van der Waals surface area contributed by atoms with Gasteiger partial charge >= 0.3 is 0 Å². The van der Waals surface area contributed by atoms with Gasteiger partial charge in [-0.3, -0.25) is 4.79 Å². The van der Waals surface area contributed by atoms with Gasteiger partial charge < -0.3 is 16.0 Å². The highest BCUT2D eigenvalue weighted by Crippen LogP contribution is 2.24. The number of benzene rings is 2. The van der Waals surface area contributed by atoms with Crippen LogP contribution in [0.5, 0.6) is 0 Å². The molecule has 0 aliphatic carbocycles. The molecule has 0 atom stereocenters. The van der Waals surface area contributed by atoms with Crippen molar-refractivity contribution < 1.29 is 4.79 Å². The Labute approximate surface area is 157 Å². The van der Waals surface area contributed by atoms with Gasteiger partial charge in [-0.05, 0) is 37.0 Å². The number of hydrogen-bond acceptors (Lipinski definition) is 3. The molecule has 0 bridgehead atoms. The first-order valence-corrected chi connectivity index (χ1v) is 9.41. The maximum atomic E-state index is 12.5. The number of hydrogen-bond donors (Lipinski definition) is 1. The van der Waals surface area contributed by atoms with Gasteiger partial charge in [-0.25, -0.2) is 0 Å². The lowest BCUT2D eigenvalue weighted by molar-refractivity contribution is -0.119. The van der Waals surface area contributed by atoms with Crippen molar-refractivity contribution in [1.29, 1.82) is 0 Å². The number of rotatable bonds is 6. The summed E-state index contributed by atoms with van der Waals surface area (Å²) in [4.78, 5) is 17.1. The van der Waals surface area contributed by atoms with E-state index in [0.717, 1.165) is 44.6 Å². The summed E-state index contributed by atoms with van der Waals surface area (Å²) in [6, 6.07) is 21.1. The normalized spacial score (nSPS) is 15.3. The molecule has 4 nitrogen and oxygen atoms in total. The van der Waals surface area contributed by atoms with Gasteiger partial charge in [0.1, 0.15) is 0 Å². The first-order valence-electron chi connectivity index (χ1n) is 9.41. The minimum atomic E-state index is 0. The Morgan fingerprint density at radius 3 is 2.15 bits per heavy atom. The first-order chi connectivity index (χ1) is 12.3. The average Bonchev–Trinajstić information content (AvgIpc) is 2.69. The van der Waals surface area contributed by atoms with Gasteiger partial charge in [0.05, 0.1) is 0 Å². The summed E-state index contributed by atoms with van der Waals surface area (Å²) in [7, 11) is 0. The highest BCUT2D eigenvalue weighted by atomic mass is 16.2. The summed E-state index contributed by atoms with van der Waals surface area (Å²) in [5, 5.41) is 0. The second kappa shape index (κ2) is 10.1. The van der Waals surface area contributed by atoms with Crippen molar-refractivity contribution in [1.82, 2.24) is 11.1 Å². The van der Waals surface area contributed by atoms with Crippen LogP contribution < -0.4 is 11.1 Å². The Morgan fingerprint density at radius 2 is 1.58 bits per heavy atom. The molecular weight excluding hydrogens is 322 g/mol. The van der Waals surface area contributed by atoms with Gasteiger partial charge in [0.2, 0.25) is 5.91 Å². The second-order valence-corrected chi connectivity index (χ2v) is 6.76. The molecule has 0 unspecified atom stereocenters. The number of para-hydroxylation sites is 1. The summed E-state index contributed by atoms with van der Waals surface area (Å²) in [5.74, 6) is 0.230. The second-order valence-electron chi connectivity index (χ2n) is 6.76. The largest absolute Gasteiger partial charge is 0.344 e. The number of amides is 1. The van der Waals surface area contributed by atoms with Crippen molar-refractivity contribution in [2.75, 3.05) is 24.5 Å². The van der Waals surface area contributed by atoms with Crippen LogP contribution in [-0.2, 0) is 11.2 Å². The Bertz CT molecular complexity index is 652. The summed E-state index contributed by atoms with van der Waals surface area (Å²) in [5.41, 5.74) is 2.44. The van der Waals surface area contributed by atoms with Crippen LogP contribution in [0.4, 0.5) is 5.69 Å². The van der Waals surface area contributed by atoms with Crippen LogP contribution >= 0.6 is 0 Å². The summed E-state index contributed by atoms with van der Waals surface area (Å²) in [6.45, 7) is 5.19. The standard InChI is InChI=1S/C22H28N2O.H3N/c1-2-22(25)24(20-11-7-4-8-12-20)21-14-17-23(18-15-21)16-13-19-9-5-3-6-10-19;/h3-12,21H,2,13-18H2,1H3;1H3. The third kappa shape index (κ3) is 5.16. The molecule has 1 amide bonds. The Morgan fingerprint density at radius 1 is 1.00 bits per heavy atom. The fraction of sp³-hybridized carbons (Fsp3) is 0.409. The maximum Gasteiger partial charge on any atom is 0.226 e. The van der Waals surface area contributed by atoms with Gasteiger partial charge in [-0.1, -0.05) is 55.5 Å². The van der Waals surface area contributed by atoms with Crippen molar-refractivity contribution in [3.05, 3.63) is 66.2 Å². The monoisotopic (exact) mass is 353 g/mol. The van der Waals surface area contributed by atoms with E-state index in [4.69, 9.17) is 0 Å². The van der Waals surface area contributed by atoms with Crippen molar-refractivity contribution in [3.8, 4) is 0 Å². The molecule has 0 spiro atoms. The third-order valence-corrected chi connectivity index (χ3v) is 5.09. The molecule has 1 aliphatic heterocycles. The van der Waals surface area contributed by atoms with Gasteiger partial charge in [0, 0.05) is 37.8 Å². The van der Waals surface area contributed by atoms with Crippen LogP contribution in [0.15, 0.2) is 60.7 Å². The minimum Gasteiger partial charge on any atom is -0.344 e. The highest BCUT2D eigenvalue weighted by Gasteiger charge is 2.28. The third-order valence-electron chi connectivity index (χ3n) is 5.09. The quantitative estimate of drug-likeness (QED) is 0.842. The van der Waals surface area contributed by atoms with E-state index in [1.165, 1.54) is 5.56 Å². The fourth-order valence-corrected chi connectivity index (χ4v) is 3.65. The zero-order valence-corrected chi connectivity index (χ0v) is 15.8. The molecule has 0 radical (unpaired) electrons. The zero-order chi connectivity index (χ0) is 17.5. The molecule has 0 aromatic heterocycles. The summed E-state index contributed by atoms with van der Waals surface area (Å²) < 4.78 is 0. The Kier molecular flexibility index (Phi) is 7.82. The molecule has 1 aliphatic rings. The molecule has 2 aromatic carbocycles. The maximum absolute atomic E-state index is 12.5. The van der Waals surface area contributed by atoms with Crippen molar-refractivity contribution in [2.24, 2.45) is 0 Å². The number of anilines is 1. The number of likely N-dealkylation sites (tertiary alicyclic amines) is 1. The van der Waals surface area contributed by atoms with Crippen molar-refractivity contribution in [3.63, 3.8) is 0 Å². The lowest BCUT2D eigenvalue weighted by atomic mass is 10.0. The van der Waals surface area contributed by atoms with Gasteiger partial charge in [-0.15, -0.1) is 0 Å². The zero-order valence-electron chi connectivity index (χ0n) is 15.8. The van der Waals surface area contributed by atoms with E-state index in [9.17, 15) is 4.79 Å². The smallest absolute Gasteiger partial charge is 0.226 e. The van der Waals surface area contributed by atoms with E-state index in [1.54, 1.807) is 0 Å². The van der Waals surface area contributed by atoms with Crippen molar-refractivity contribution >= 4 is 11.6 Å². The predicted octanol–water partition coefficient (Wildman–Crippen LogP) is 4.30. The lowest BCUT2D eigenvalue weighted by Crippen LogP contribution is -2.47. The first kappa shape index (κ1) is 20.1. The molecule has 2 aromatic rings. The number of nitrogens with zero attached hydrogens (tertiary/aromatic N) is 2. The van der Waals surface area contributed by atoms with E-state index in [1.807, 2.05) is 30.0 Å². The SMILES string of the molecule is CCC(=O)N(c1ccccc1)C1CCN(CCc2ccccc2)CC1.N. The van der Waals surface area contributed by atoms with E-state index in [0.29, 0.717) is 12.5 Å². The molecule has 1 heterocycles. The molecule has 0 saturated carbocycles. The van der Waals surface area contributed by atoms with Crippen LogP contribution in [0.3, 0.4) is 0 Å². The molecule has 3 N–H and O–H groups in total. The van der Waals surface area contributed by atoms with Crippen LogP contribution in [-0.4, -0.2) is 36.5 Å². The van der Waals surface area contributed by atoms with Crippen LogP contribution in [0, 0.1) is 0 Å². The van der Waals surface area contributed by atoms with E-state index in [-0.39, 0.29) is 12.1 Å². The van der Waals surface area contributed by atoms with E-state index >= 15 is 0 Å². The topological polar surface area (TPSA) is 58.6 Å². The number of carbonyl (C=O) groups excluding carboxylic acids is 1. The van der Waals surface area contributed by atoms with Crippen molar-refractivity contribution in [2.45, 2.75) is 38.6 Å². The molecule has 1 saturated heterocycles. The number of piperidine rings is 1. The van der Waals surface area contributed by atoms with Crippen LogP contribution in [0.1, 0.15) is 31.7 Å². The fourth-order valence-electron chi connectivity index (χ4n) is 3.65. The Hall–Kier alpha value is -2.17. The van der Waals surface area contributed by atoms with Gasteiger partial charge in [-0.2, -0.15) is 0 Å². The molecule has 3 rings (SSSR count). The highest BCUT2D eigenvalue weighted by molar-refractivity contribution is 5.93. The summed E-state index contributed by atoms with van der Waals surface area (Å²) in [6.07, 6.45) is 3.76. The van der Waals surface area contributed by atoms with Gasteiger partial charge in [0.15, 0.2) is 0 Å². The van der Waals surface area contributed by atoms with Gasteiger partial charge in [0.25, 0.3) is 0 Å². The minimum absolute atomic E-state index is 0. The lowest BCUT2D eigenvalue weighted by Gasteiger charge is -2.38. The predicted molar refractivity (Wildman–Crippen MR) is 109 cm³/mol. The molecule has 26 heavy (non-hydrogen) atoms. The van der Waals surface area contributed by atoms with Crippen LogP contribution in [0.25, 0.3) is 0 Å². The summed E-state index contributed by atoms with van der Waals surface area (Å²) >= 11 is 0. The van der Waals surface area contributed by atoms with E-state index < -0.39 is 0 Å². The molecule has 4 heteroatoms. The van der Waals surface area contributed by atoms with E-state index in [2.05, 4.69) is 47.4 Å². The average molecular weight is 354 g/mol. The number of carbonyl (C=O) groups is 1.